The Morgan fingerprint density at radius 3 is 2.94 bits per heavy atom. The maximum atomic E-state index is 3.49. The molecular weight excluding hydrogens is 194 g/mol. The lowest BCUT2D eigenvalue weighted by Crippen LogP contribution is -2.16. The molecule has 0 spiro atoms. The van der Waals surface area contributed by atoms with Gasteiger partial charge in [0, 0.05) is 12.2 Å². The molecule has 1 aromatic carbocycles. The van der Waals surface area contributed by atoms with Gasteiger partial charge in [-0.2, -0.15) is 0 Å². The molecule has 0 saturated carbocycles. The van der Waals surface area contributed by atoms with Gasteiger partial charge in [-0.1, -0.05) is 50.8 Å². The molecule has 88 valence electrons. The second-order valence-electron chi connectivity index (χ2n) is 4.85. The summed E-state index contributed by atoms with van der Waals surface area (Å²) in [7, 11) is 0. The molecule has 0 aliphatic carbocycles. The van der Waals surface area contributed by atoms with Crippen LogP contribution >= 0.6 is 0 Å². The van der Waals surface area contributed by atoms with Crippen LogP contribution in [0.1, 0.15) is 56.9 Å². The first-order chi connectivity index (χ1) is 7.92. The van der Waals surface area contributed by atoms with Crippen LogP contribution in [0.15, 0.2) is 24.3 Å². The van der Waals surface area contributed by atoms with Crippen molar-refractivity contribution < 1.29 is 0 Å². The lowest BCUT2D eigenvalue weighted by molar-refractivity contribution is 0.527. The van der Waals surface area contributed by atoms with E-state index in [2.05, 4.69) is 36.5 Å². The highest BCUT2D eigenvalue weighted by molar-refractivity contribution is 5.54. The van der Waals surface area contributed by atoms with Crippen molar-refractivity contribution in [3.05, 3.63) is 29.8 Å². The standard InChI is InChI=1S/C15H23N/c1-2-3-4-5-8-13-11-12-16-15-10-7-6-9-14(13)15/h6-7,9-10,13,16H,2-5,8,11-12H2,1H3. The van der Waals surface area contributed by atoms with Crippen molar-refractivity contribution >= 4 is 5.69 Å². The van der Waals surface area contributed by atoms with Crippen molar-refractivity contribution in [1.29, 1.82) is 0 Å². The Labute approximate surface area is 99.3 Å². The van der Waals surface area contributed by atoms with Gasteiger partial charge in [0.15, 0.2) is 0 Å². The van der Waals surface area contributed by atoms with Gasteiger partial charge < -0.3 is 5.32 Å². The van der Waals surface area contributed by atoms with Gasteiger partial charge in [-0.15, -0.1) is 0 Å². The Morgan fingerprint density at radius 2 is 2.06 bits per heavy atom. The van der Waals surface area contributed by atoms with Crippen molar-refractivity contribution in [2.24, 2.45) is 0 Å². The van der Waals surface area contributed by atoms with Crippen LogP contribution in [0.4, 0.5) is 5.69 Å². The number of rotatable bonds is 5. The normalized spacial score (nSPS) is 18.9. The number of para-hydroxylation sites is 1. The summed E-state index contributed by atoms with van der Waals surface area (Å²) in [4.78, 5) is 0. The Morgan fingerprint density at radius 1 is 1.19 bits per heavy atom. The largest absolute Gasteiger partial charge is 0.385 e. The first kappa shape index (κ1) is 11.5. The smallest absolute Gasteiger partial charge is 0.0375 e. The van der Waals surface area contributed by atoms with E-state index in [9.17, 15) is 0 Å². The van der Waals surface area contributed by atoms with Crippen LogP contribution in [0.5, 0.6) is 0 Å². The fourth-order valence-corrected chi connectivity index (χ4v) is 2.67. The second kappa shape index (κ2) is 5.93. The van der Waals surface area contributed by atoms with Crippen molar-refractivity contribution in [3.63, 3.8) is 0 Å². The van der Waals surface area contributed by atoms with E-state index >= 15 is 0 Å². The molecule has 0 fully saturated rings. The average molecular weight is 217 g/mol. The van der Waals surface area contributed by atoms with E-state index in [1.54, 1.807) is 5.56 Å². The zero-order chi connectivity index (χ0) is 11.2. The molecule has 0 amide bonds. The Bertz CT molecular complexity index is 319. The molecule has 0 bridgehead atoms. The zero-order valence-electron chi connectivity index (χ0n) is 10.3. The third-order valence-electron chi connectivity index (χ3n) is 3.62. The molecule has 1 aromatic rings. The third kappa shape index (κ3) is 2.78. The van der Waals surface area contributed by atoms with Gasteiger partial charge in [-0.05, 0) is 30.4 Å². The molecular formula is C15H23N. The number of nitrogens with one attached hydrogen (secondary N) is 1. The minimum Gasteiger partial charge on any atom is -0.385 e. The molecule has 1 aliphatic heterocycles. The van der Waals surface area contributed by atoms with Gasteiger partial charge in [0.05, 0.1) is 0 Å². The number of benzene rings is 1. The molecule has 0 aromatic heterocycles. The van der Waals surface area contributed by atoms with Crippen LogP contribution in [0.2, 0.25) is 0 Å². The van der Waals surface area contributed by atoms with Crippen molar-refractivity contribution in [2.75, 3.05) is 11.9 Å². The Balaban J connectivity index is 1.91. The van der Waals surface area contributed by atoms with Crippen LogP contribution in [0.3, 0.4) is 0 Å². The topological polar surface area (TPSA) is 12.0 Å². The summed E-state index contributed by atoms with van der Waals surface area (Å²) < 4.78 is 0. The lowest BCUT2D eigenvalue weighted by Gasteiger charge is -2.26. The minimum atomic E-state index is 0.800. The van der Waals surface area contributed by atoms with E-state index in [0.29, 0.717) is 0 Å². The van der Waals surface area contributed by atoms with Crippen LogP contribution in [-0.2, 0) is 0 Å². The van der Waals surface area contributed by atoms with Gasteiger partial charge in [-0.25, -0.2) is 0 Å². The maximum Gasteiger partial charge on any atom is 0.0375 e. The third-order valence-corrected chi connectivity index (χ3v) is 3.62. The SMILES string of the molecule is CCCCCCC1CCNc2ccccc21. The van der Waals surface area contributed by atoms with E-state index in [0.717, 1.165) is 12.5 Å². The predicted molar refractivity (Wildman–Crippen MR) is 71.0 cm³/mol. The van der Waals surface area contributed by atoms with E-state index in [1.165, 1.54) is 44.2 Å². The van der Waals surface area contributed by atoms with Gasteiger partial charge in [0.2, 0.25) is 0 Å². The highest BCUT2D eigenvalue weighted by Gasteiger charge is 2.18. The summed E-state index contributed by atoms with van der Waals surface area (Å²) in [6.07, 6.45) is 8.21. The molecule has 1 aliphatic rings. The van der Waals surface area contributed by atoms with Crippen LogP contribution in [0, 0.1) is 0 Å². The number of unbranched alkanes of at least 4 members (excludes halogenated alkanes) is 3. The molecule has 1 heteroatoms. The Hall–Kier alpha value is -0.980. The second-order valence-corrected chi connectivity index (χ2v) is 4.85. The summed E-state index contributed by atoms with van der Waals surface area (Å²) in [6.45, 7) is 3.43. The van der Waals surface area contributed by atoms with Crippen LogP contribution < -0.4 is 5.32 Å². The summed E-state index contributed by atoms with van der Waals surface area (Å²) in [6, 6.07) is 8.82. The van der Waals surface area contributed by atoms with Crippen molar-refractivity contribution in [3.8, 4) is 0 Å². The highest BCUT2D eigenvalue weighted by Crippen LogP contribution is 2.34. The number of anilines is 1. The van der Waals surface area contributed by atoms with Gasteiger partial charge in [0.25, 0.3) is 0 Å². The molecule has 2 rings (SSSR count). The first-order valence-corrected chi connectivity index (χ1v) is 6.74. The quantitative estimate of drug-likeness (QED) is 0.713. The van der Waals surface area contributed by atoms with Crippen LogP contribution in [-0.4, -0.2) is 6.54 Å². The van der Waals surface area contributed by atoms with Crippen molar-refractivity contribution in [2.45, 2.75) is 51.4 Å². The van der Waals surface area contributed by atoms with E-state index in [4.69, 9.17) is 0 Å². The summed E-state index contributed by atoms with van der Waals surface area (Å²) >= 11 is 0. The fourth-order valence-electron chi connectivity index (χ4n) is 2.67. The molecule has 1 atom stereocenters. The van der Waals surface area contributed by atoms with Gasteiger partial charge in [-0.3, -0.25) is 0 Å². The number of hydrogen-bond donors (Lipinski definition) is 1. The molecule has 1 N–H and O–H groups in total. The van der Waals surface area contributed by atoms with Crippen LogP contribution in [0.25, 0.3) is 0 Å². The Kier molecular flexibility index (Phi) is 4.26. The predicted octanol–water partition coefficient (Wildman–Crippen LogP) is 4.56. The molecule has 1 heterocycles. The summed E-state index contributed by atoms with van der Waals surface area (Å²) in [5.41, 5.74) is 2.92. The first-order valence-electron chi connectivity index (χ1n) is 6.74. The molecule has 16 heavy (non-hydrogen) atoms. The molecule has 0 saturated heterocycles. The number of hydrogen-bond acceptors (Lipinski definition) is 1. The lowest BCUT2D eigenvalue weighted by atomic mass is 9.87. The monoisotopic (exact) mass is 217 g/mol. The van der Waals surface area contributed by atoms with Gasteiger partial charge in [0.1, 0.15) is 0 Å². The summed E-state index contributed by atoms with van der Waals surface area (Å²) in [5.74, 6) is 0.800. The van der Waals surface area contributed by atoms with E-state index in [1.807, 2.05) is 0 Å². The van der Waals surface area contributed by atoms with Gasteiger partial charge >= 0.3 is 0 Å². The number of fused-ring (bicyclic) bond motifs is 1. The van der Waals surface area contributed by atoms with E-state index in [-0.39, 0.29) is 0 Å². The average Bonchev–Trinajstić information content (AvgIpc) is 2.35. The minimum absolute atomic E-state index is 0.800. The molecule has 1 unspecified atom stereocenters. The summed E-state index contributed by atoms with van der Waals surface area (Å²) in [5, 5.41) is 3.49. The van der Waals surface area contributed by atoms with E-state index < -0.39 is 0 Å². The zero-order valence-corrected chi connectivity index (χ0v) is 10.3. The highest BCUT2D eigenvalue weighted by atomic mass is 14.9. The fraction of sp³-hybridized carbons (Fsp3) is 0.600. The molecule has 1 nitrogen and oxygen atoms in total. The van der Waals surface area contributed by atoms with Crippen molar-refractivity contribution in [1.82, 2.24) is 0 Å². The molecule has 0 radical (unpaired) electrons. The maximum absolute atomic E-state index is 3.49.